The highest BCUT2D eigenvalue weighted by Gasteiger charge is 2.26. The van der Waals surface area contributed by atoms with E-state index in [1.165, 1.54) is 0 Å². The summed E-state index contributed by atoms with van der Waals surface area (Å²) < 4.78 is 5.23. The lowest BCUT2D eigenvalue weighted by molar-refractivity contribution is -0.127. The van der Waals surface area contributed by atoms with Crippen molar-refractivity contribution in [2.24, 2.45) is 0 Å². The van der Waals surface area contributed by atoms with E-state index in [0.29, 0.717) is 29.8 Å². The Hall–Kier alpha value is -2.14. The first-order chi connectivity index (χ1) is 11.1. The molecule has 6 heteroatoms. The zero-order valence-corrected chi connectivity index (χ0v) is 13.7. The third-order valence-electron chi connectivity index (χ3n) is 3.99. The summed E-state index contributed by atoms with van der Waals surface area (Å²) in [5, 5.41) is 4.51. The van der Waals surface area contributed by atoms with Crippen molar-refractivity contribution in [3.8, 4) is 0 Å². The molecular formula is C17H18ClN3O2. The van der Waals surface area contributed by atoms with Crippen LogP contribution >= 0.6 is 11.6 Å². The van der Waals surface area contributed by atoms with Crippen LogP contribution in [0.25, 0.3) is 6.08 Å². The Morgan fingerprint density at radius 3 is 2.61 bits per heavy atom. The minimum absolute atomic E-state index is 0.0279. The van der Waals surface area contributed by atoms with E-state index in [-0.39, 0.29) is 11.8 Å². The molecule has 0 bridgehead atoms. The number of carbonyl (C=O) groups is 1. The smallest absolute Gasteiger partial charge is 0.246 e. The first kappa shape index (κ1) is 15.7. The van der Waals surface area contributed by atoms with Crippen molar-refractivity contribution in [3.05, 3.63) is 52.6 Å². The monoisotopic (exact) mass is 331 g/mol. The molecule has 0 N–H and O–H groups in total. The van der Waals surface area contributed by atoms with E-state index >= 15 is 0 Å². The molecule has 1 aromatic heterocycles. The van der Waals surface area contributed by atoms with Crippen molar-refractivity contribution in [1.82, 2.24) is 15.0 Å². The molecule has 120 valence electrons. The number of hydrogen-bond donors (Lipinski definition) is 0. The van der Waals surface area contributed by atoms with Crippen LogP contribution < -0.4 is 0 Å². The molecule has 0 atom stereocenters. The summed E-state index contributed by atoms with van der Waals surface area (Å²) in [5.74, 6) is 1.62. The fraction of sp³-hybridized carbons (Fsp3) is 0.353. The lowest BCUT2D eigenvalue weighted by atomic mass is 9.96. The standard InChI is InChI=1S/C17H18ClN3O2/c1-12-19-17(23-20-12)14-8-10-21(11-9-14)16(22)7-4-13-2-5-15(18)6-3-13/h2-7,14H,8-11H2,1H3/b7-4+. The van der Waals surface area contributed by atoms with E-state index in [0.717, 1.165) is 18.4 Å². The van der Waals surface area contributed by atoms with Crippen LogP contribution in [0, 0.1) is 6.92 Å². The second kappa shape index (κ2) is 6.96. The van der Waals surface area contributed by atoms with Crippen molar-refractivity contribution in [3.63, 3.8) is 0 Å². The topological polar surface area (TPSA) is 59.2 Å². The number of amides is 1. The van der Waals surface area contributed by atoms with Crippen molar-refractivity contribution in [2.45, 2.75) is 25.7 Å². The summed E-state index contributed by atoms with van der Waals surface area (Å²) >= 11 is 5.85. The van der Waals surface area contributed by atoms with Crippen molar-refractivity contribution < 1.29 is 9.32 Å². The molecule has 0 unspecified atom stereocenters. The Labute approximate surface area is 139 Å². The van der Waals surface area contributed by atoms with Crippen LogP contribution in [0.15, 0.2) is 34.9 Å². The van der Waals surface area contributed by atoms with Gasteiger partial charge in [-0.1, -0.05) is 28.9 Å². The van der Waals surface area contributed by atoms with Crippen LogP contribution in [0.3, 0.4) is 0 Å². The fourth-order valence-electron chi connectivity index (χ4n) is 2.67. The van der Waals surface area contributed by atoms with Gasteiger partial charge in [0, 0.05) is 30.1 Å². The van der Waals surface area contributed by atoms with Gasteiger partial charge < -0.3 is 9.42 Å². The van der Waals surface area contributed by atoms with E-state index in [1.54, 1.807) is 6.08 Å². The third-order valence-corrected chi connectivity index (χ3v) is 4.24. The van der Waals surface area contributed by atoms with E-state index in [4.69, 9.17) is 16.1 Å². The molecule has 0 saturated carbocycles. The van der Waals surface area contributed by atoms with Crippen LogP contribution in [0.1, 0.15) is 36.0 Å². The maximum Gasteiger partial charge on any atom is 0.246 e. The number of aryl methyl sites for hydroxylation is 1. The molecule has 1 saturated heterocycles. The maximum atomic E-state index is 12.2. The van der Waals surface area contributed by atoms with Crippen LogP contribution in [0.4, 0.5) is 0 Å². The molecule has 5 nitrogen and oxygen atoms in total. The van der Waals surface area contributed by atoms with E-state index in [1.807, 2.05) is 42.2 Å². The first-order valence-electron chi connectivity index (χ1n) is 7.64. The summed E-state index contributed by atoms with van der Waals surface area (Å²) in [6.45, 7) is 3.22. The number of likely N-dealkylation sites (tertiary alicyclic amines) is 1. The molecule has 0 spiro atoms. The number of piperidine rings is 1. The average molecular weight is 332 g/mol. The van der Waals surface area contributed by atoms with Gasteiger partial charge in [0.15, 0.2) is 5.82 Å². The van der Waals surface area contributed by atoms with Crippen LogP contribution in [-0.2, 0) is 4.79 Å². The van der Waals surface area contributed by atoms with Crippen molar-refractivity contribution >= 4 is 23.6 Å². The lowest BCUT2D eigenvalue weighted by Gasteiger charge is -2.29. The minimum Gasteiger partial charge on any atom is -0.339 e. The van der Waals surface area contributed by atoms with Gasteiger partial charge in [0.25, 0.3) is 0 Å². The summed E-state index contributed by atoms with van der Waals surface area (Å²) in [4.78, 5) is 18.4. The van der Waals surface area contributed by atoms with Gasteiger partial charge in [-0.25, -0.2) is 0 Å². The zero-order valence-electron chi connectivity index (χ0n) is 12.9. The van der Waals surface area contributed by atoms with Gasteiger partial charge in [-0.05, 0) is 43.5 Å². The number of hydrogen-bond acceptors (Lipinski definition) is 4. The fourth-order valence-corrected chi connectivity index (χ4v) is 2.80. The Morgan fingerprint density at radius 2 is 2.00 bits per heavy atom. The molecule has 1 aliphatic heterocycles. The largest absolute Gasteiger partial charge is 0.339 e. The SMILES string of the molecule is Cc1noc(C2CCN(C(=O)/C=C/c3ccc(Cl)cc3)CC2)n1. The quantitative estimate of drug-likeness (QED) is 0.808. The molecule has 1 aliphatic rings. The summed E-state index contributed by atoms with van der Waals surface area (Å²) in [5.41, 5.74) is 0.957. The highest BCUT2D eigenvalue weighted by Crippen LogP contribution is 2.26. The summed E-state index contributed by atoms with van der Waals surface area (Å²) in [6.07, 6.45) is 5.12. The van der Waals surface area contributed by atoms with Crippen LogP contribution in [-0.4, -0.2) is 34.0 Å². The third kappa shape index (κ3) is 3.99. The number of aromatic nitrogens is 2. The molecule has 2 heterocycles. The van der Waals surface area contributed by atoms with Gasteiger partial charge >= 0.3 is 0 Å². The molecule has 0 aliphatic carbocycles. The predicted molar refractivity (Wildman–Crippen MR) is 88.1 cm³/mol. The second-order valence-corrected chi connectivity index (χ2v) is 6.10. The molecule has 2 aromatic rings. The van der Waals surface area contributed by atoms with Gasteiger partial charge in [-0.2, -0.15) is 4.98 Å². The number of carbonyl (C=O) groups excluding carboxylic acids is 1. The van der Waals surface area contributed by atoms with Crippen LogP contribution in [0.2, 0.25) is 5.02 Å². The first-order valence-corrected chi connectivity index (χ1v) is 8.02. The Bertz CT molecular complexity index is 701. The number of halogens is 1. The van der Waals surface area contributed by atoms with Gasteiger partial charge in [-0.15, -0.1) is 0 Å². The molecule has 0 radical (unpaired) electrons. The van der Waals surface area contributed by atoms with Crippen molar-refractivity contribution in [2.75, 3.05) is 13.1 Å². The van der Waals surface area contributed by atoms with E-state index < -0.39 is 0 Å². The van der Waals surface area contributed by atoms with Crippen LogP contribution in [0.5, 0.6) is 0 Å². The number of benzene rings is 1. The Morgan fingerprint density at radius 1 is 1.30 bits per heavy atom. The molecular weight excluding hydrogens is 314 g/mol. The Balaban J connectivity index is 1.54. The van der Waals surface area contributed by atoms with E-state index in [2.05, 4.69) is 10.1 Å². The predicted octanol–water partition coefficient (Wildman–Crippen LogP) is 3.45. The Kier molecular flexibility index (Phi) is 4.76. The highest BCUT2D eigenvalue weighted by molar-refractivity contribution is 6.30. The maximum absolute atomic E-state index is 12.2. The van der Waals surface area contributed by atoms with Gasteiger partial charge in [0.2, 0.25) is 11.8 Å². The highest BCUT2D eigenvalue weighted by atomic mass is 35.5. The molecule has 1 fully saturated rings. The average Bonchev–Trinajstić information content (AvgIpc) is 3.01. The summed E-state index contributed by atoms with van der Waals surface area (Å²) in [7, 11) is 0. The number of rotatable bonds is 3. The lowest BCUT2D eigenvalue weighted by Crippen LogP contribution is -2.36. The zero-order chi connectivity index (χ0) is 16.2. The second-order valence-electron chi connectivity index (χ2n) is 5.66. The van der Waals surface area contributed by atoms with Crippen molar-refractivity contribution in [1.29, 1.82) is 0 Å². The molecule has 1 amide bonds. The summed E-state index contributed by atoms with van der Waals surface area (Å²) in [6, 6.07) is 7.39. The number of nitrogens with zero attached hydrogens (tertiary/aromatic N) is 3. The van der Waals surface area contributed by atoms with Gasteiger partial charge in [-0.3, -0.25) is 4.79 Å². The molecule has 3 rings (SSSR count). The normalized spacial score (nSPS) is 16.2. The molecule has 23 heavy (non-hydrogen) atoms. The molecule has 1 aromatic carbocycles. The van der Waals surface area contributed by atoms with Gasteiger partial charge in [0.05, 0.1) is 0 Å². The van der Waals surface area contributed by atoms with E-state index in [9.17, 15) is 4.79 Å². The van der Waals surface area contributed by atoms with Gasteiger partial charge in [0.1, 0.15) is 0 Å². The minimum atomic E-state index is 0.0279.